The minimum Gasteiger partial charge on any atom is -0.461 e. The average molecular weight is 502 g/mol. The lowest BCUT2D eigenvalue weighted by atomic mass is 9.95. The van der Waals surface area contributed by atoms with E-state index in [9.17, 15) is 14.4 Å². The summed E-state index contributed by atoms with van der Waals surface area (Å²) in [5, 5.41) is 0.906. The zero-order valence-corrected chi connectivity index (χ0v) is 21.0. The van der Waals surface area contributed by atoms with E-state index in [2.05, 4.69) is 0 Å². The number of likely N-dealkylation sites (tertiary alicyclic amines) is 2. The maximum Gasteiger partial charge on any atom is 0.414 e. The highest BCUT2D eigenvalue weighted by atomic mass is 16.6. The molecule has 0 bridgehead atoms. The van der Waals surface area contributed by atoms with Crippen molar-refractivity contribution >= 4 is 34.6 Å². The summed E-state index contributed by atoms with van der Waals surface area (Å²) in [6.45, 7) is 4.54. The van der Waals surface area contributed by atoms with Crippen molar-refractivity contribution in [2.75, 3.05) is 31.1 Å². The maximum atomic E-state index is 13.4. The van der Waals surface area contributed by atoms with E-state index in [1.165, 1.54) is 0 Å². The normalized spacial score (nSPS) is 20.6. The number of ether oxygens (including phenoxy) is 1. The van der Waals surface area contributed by atoms with E-state index in [0.29, 0.717) is 44.6 Å². The Kier molecular flexibility index (Phi) is 6.10. The fourth-order valence-corrected chi connectivity index (χ4v) is 5.92. The molecule has 8 nitrogen and oxygen atoms in total. The number of benzene rings is 2. The molecule has 2 fully saturated rings. The van der Waals surface area contributed by atoms with Gasteiger partial charge in [0.25, 0.3) is 5.91 Å². The molecule has 1 atom stereocenters. The van der Waals surface area contributed by atoms with Gasteiger partial charge in [0, 0.05) is 61.6 Å². The predicted octanol–water partition coefficient (Wildman–Crippen LogP) is 4.92. The summed E-state index contributed by atoms with van der Waals surface area (Å²) in [6.07, 6.45) is 3.03. The third-order valence-corrected chi connectivity index (χ3v) is 7.97. The number of hydrogen-bond donors (Lipinski definition) is 0. The van der Waals surface area contributed by atoms with Gasteiger partial charge in [-0.15, -0.1) is 0 Å². The van der Waals surface area contributed by atoms with Gasteiger partial charge in [0.15, 0.2) is 0 Å². The van der Waals surface area contributed by atoms with E-state index in [-0.39, 0.29) is 29.9 Å². The molecule has 3 aliphatic rings. The first kappa shape index (κ1) is 23.6. The first-order valence-corrected chi connectivity index (χ1v) is 13.1. The number of nitrogens with zero attached hydrogens (tertiary/aromatic N) is 3. The number of carbonyl (C=O) groups is 3. The largest absolute Gasteiger partial charge is 0.461 e. The molecule has 1 aromatic heterocycles. The molecule has 0 saturated carbocycles. The molecule has 2 saturated heterocycles. The van der Waals surface area contributed by atoms with Gasteiger partial charge in [-0.1, -0.05) is 18.2 Å². The second-order valence-corrected chi connectivity index (χ2v) is 10.3. The van der Waals surface area contributed by atoms with E-state index in [1.54, 1.807) is 11.8 Å². The van der Waals surface area contributed by atoms with Crippen LogP contribution in [0.25, 0.3) is 11.0 Å². The van der Waals surface area contributed by atoms with E-state index < -0.39 is 0 Å². The SMILES string of the molecule is CC(=O)N1CCCC(c2cc3cc(C(=O)N4CCC(N5C(=O)OCc6ccccc65)CC4)ccc3o2)C1. The Morgan fingerprint density at radius 3 is 2.57 bits per heavy atom. The first-order valence-electron chi connectivity index (χ1n) is 13.1. The minimum absolute atomic E-state index is 0.00183. The van der Waals surface area contributed by atoms with Crippen LogP contribution in [0.3, 0.4) is 0 Å². The highest BCUT2D eigenvalue weighted by Gasteiger charge is 2.35. The zero-order chi connectivity index (χ0) is 25.5. The van der Waals surface area contributed by atoms with Crippen LogP contribution in [0.5, 0.6) is 0 Å². The lowest BCUT2D eigenvalue weighted by molar-refractivity contribution is -0.130. The molecule has 6 rings (SSSR count). The van der Waals surface area contributed by atoms with Crippen LogP contribution in [-0.2, 0) is 16.1 Å². The summed E-state index contributed by atoms with van der Waals surface area (Å²) in [7, 11) is 0. The van der Waals surface area contributed by atoms with Crippen molar-refractivity contribution in [2.24, 2.45) is 0 Å². The van der Waals surface area contributed by atoms with Gasteiger partial charge >= 0.3 is 6.09 Å². The van der Waals surface area contributed by atoms with Crippen LogP contribution in [0.1, 0.15) is 60.2 Å². The Labute approximate surface area is 215 Å². The summed E-state index contributed by atoms with van der Waals surface area (Å²) in [6, 6.07) is 15.5. The van der Waals surface area contributed by atoms with E-state index >= 15 is 0 Å². The second kappa shape index (κ2) is 9.57. The van der Waals surface area contributed by atoms with E-state index in [4.69, 9.17) is 9.15 Å². The summed E-state index contributed by atoms with van der Waals surface area (Å²) < 4.78 is 11.5. The highest BCUT2D eigenvalue weighted by molar-refractivity contribution is 5.98. The summed E-state index contributed by atoms with van der Waals surface area (Å²) in [5.74, 6) is 1.14. The van der Waals surface area contributed by atoms with Crippen molar-refractivity contribution in [2.45, 2.75) is 51.2 Å². The molecular weight excluding hydrogens is 470 g/mol. The number of cyclic esters (lactones) is 1. The molecule has 0 N–H and O–H groups in total. The van der Waals surface area contributed by atoms with Gasteiger partial charge < -0.3 is 19.0 Å². The van der Waals surface area contributed by atoms with Crippen molar-refractivity contribution in [3.05, 3.63) is 65.4 Å². The molecule has 3 amide bonds. The van der Waals surface area contributed by atoms with Crippen molar-refractivity contribution < 1.29 is 23.5 Å². The van der Waals surface area contributed by atoms with Gasteiger partial charge in [-0.2, -0.15) is 0 Å². The van der Waals surface area contributed by atoms with Crippen LogP contribution in [0.4, 0.5) is 10.5 Å². The quantitative estimate of drug-likeness (QED) is 0.509. The van der Waals surface area contributed by atoms with Gasteiger partial charge in [-0.25, -0.2) is 4.79 Å². The molecular formula is C29H31N3O5. The molecule has 0 aliphatic carbocycles. The standard InChI is InChI=1S/C29H31N3O5/c1-19(33)31-12-4-6-21(17-31)27-16-23-15-20(8-9-26(23)37-27)28(34)30-13-10-24(11-14-30)32-25-7-3-2-5-22(25)18-36-29(32)35/h2-3,5,7-9,15-16,21,24H,4,6,10-14,17-18H2,1H3. The van der Waals surface area contributed by atoms with Gasteiger partial charge in [0.2, 0.25) is 5.91 Å². The number of para-hydroxylation sites is 1. The van der Waals surface area contributed by atoms with Crippen LogP contribution in [0.2, 0.25) is 0 Å². The fourth-order valence-electron chi connectivity index (χ4n) is 5.92. The average Bonchev–Trinajstić information content (AvgIpc) is 3.36. The van der Waals surface area contributed by atoms with Crippen LogP contribution in [0, 0.1) is 0 Å². The van der Waals surface area contributed by atoms with Gasteiger partial charge in [-0.05, 0) is 56.0 Å². The number of piperidine rings is 2. The van der Waals surface area contributed by atoms with E-state index in [0.717, 1.165) is 47.4 Å². The summed E-state index contributed by atoms with van der Waals surface area (Å²) in [4.78, 5) is 43.3. The summed E-state index contributed by atoms with van der Waals surface area (Å²) in [5.41, 5.74) is 3.31. The van der Waals surface area contributed by atoms with Crippen molar-refractivity contribution in [3.8, 4) is 0 Å². The Morgan fingerprint density at radius 2 is 1.76 bits per heavy atom. The predicted molar refractivity (Wildman–Crippen MR) is 138 cm³/mol. The van der Waals surface area contributed by atoms with Crippen molar-refractivity contribution in [3.63, 3.8) is 0 Å². The lowest BCUT2D eigenvalue weighted by Gasteiger charge is -2.40. The number of amides is 3. The monoisotopic (exact) mass is 501 g/mol. The molecule has 3 aromatic rings. The second-order valence-electron chi connectivity index (χ2n) is 10.3. The number of furan rings is 1. The molecule has 0 radical (unpaired) electrons. The molecule has 4 heterocycles. The molecule has 37 heavy (non-hydrogen) atoms. The lowest BCUT2D eigenvalue weighted by Crippen LogP contribution is -2.50. The van der Waals surface area contributed by atoms with Gasteiger partial charge in [-0.3, -0.25) is 14.5 Å². The Bertz CT molecular complexity index is 1360. The van der Waals surface area contributed by atoms with Gasteiger partial charge in [0.05, 0.1) is 5.69 Å². The molecule has 8 heteroatoms. The number of anilines is 1. The van der Waals surface area contributed by atoms with Crippen molar-refractivity contribution in [1.82, 2.24) is 9.80 Å². The van der Waals surface area contributed by atoms with E-state index in [1.807, 2.05) is 58.3 Å². The zero-order valence-electron chi connectivity index (χ0n) is 21.0. The Morgan fingerprint density at radius 1 is 0.946 bits per heavy atom. The number of carbonyl (C=O) groups excluding carboxylic acids is 3. The maximum absolute atomic E-state index is 13.4. The Hall–Kier alpha value is -3.81. The molecule has 3 aliphatic heterocycles. The van der Waals surface area contributed by atoms with Crippen LogP contribution in [-0.4, -0.2) is 59.9 Å². The molecule has 1 unspecified atom stereocenters. The minimum atomic E-state index is -0.311. The number of rotatable bonds is 3. The Balaban J connectivity index is 1.14. The number of fused-ring (bicyclic) bond motifs is 2. The topological polar surface area (TPSA) is 83.3 Å². The fraction of sp³-hybridized carbons (Fsp3) is 0.414. The third-order valence-electron chi connectivity index (χ3n) is 7.97. The first-order chi connectivity index (χ1) is 18.0. The molecule has 192 valence electrons. The number of hydrogen-bond acceptors (Lipinski definition) is 5. The molecule has 2 aromatic carbocycles. The van der Waals surface area contributed by atoms with Crippen LogP contribution in [0.15, 0.2) is 52.9 Å². The van der Waals surface area contributed by atoms with Gasteiger partial charge in [0.1, 0.15) is 18.0 Å². The van der Waals surface area contributed by atoms with Crippen molar-refractivity contribution in [1.29, 1.82) is 0 Å². The smallest absolute Gasteiger partial charge is 0.414 e. The molecule has 0 spiro atoms. The van der Waals surface area contributed by atoms with Crippen LogP contribution >= 0.6 is 0 Å². The third kappa shape index (κ3) is 4.45. The highest BCUT2D eigenvalue weighted by Crippen LogP contribution is 2.34. The van der Waals surface area contributed by atoms with Crippen LogP contribution < -0.4 is 4.90 Å². The summed E-state index contributed by atoms with van der Waals surface area (Å²) >= 11 is 0.